The minimum atomic E-state index is -0.247. The van der Waals surface area contributed by atoms with Gasteiger partial charge in [-0.15, -0.1) is 0 Å². The van der Waals surface area contributed by atoms with Crippen LogP contribution in [0.25, 0.3) is 0 Å². The number of urea groups is 1. The Morgan fingerprint density at radius 3 is 2.52 bits per heavy atom. The van der Waals surface area contributed by atoms with Gasteiger partial charge in [-0.05, 0) is 44.5 Å². The summed E-state index contributed by atoms with van der Waals surface area (Å²) < 4.78 is 0. The number of nitrogens with zero attached hydrogens (tertiary/aromatic N) is 4. The molecular formula is C22H31N5O2. The van der Waals surface area contributed by atoms with Crippen LogP contribution in [0.1, 0.15) is 37.8 Å². The van der Waals surface area contributed by atoms with E-state index in [0.717, 1.165) is 38.2 Å². The van der Waals surface area contributed by atoms with E-state index in [9.17, 15) is 4.79 Å². The number of hydrogen-bond donors (Lipinski definition) is 1. The third kappa shape index (κ3) is 3.80. The number of likely N-dealkylation sites (N-methyl/N-ethyl adjacent to an activating group) is 1. The second-order valence-electron chi connectivity index (χ2n) is 9.22. The maximum Gasteiger partial charge on any atom is 0.318 e. The van der Waals surface area contributed by atoms with Gasteiger partial charge in [-0.2, -0.15) is 0 Å². The molecule has 1 atom stereocenters. The number of benzene rings is 1. The molecule has 3 aliphatic heterocycles. The molecular weight excluding hydrogens is 366 g/mol. The molecule has 0 bridgehead atoms. The zero-order chi connectivity index (χ0) is 20.0. The second kappa shape index (κ2) is 7.20. The lowest BCUT2D eigenvalue weighted by atomic mass is 9.88. The lowest BCUT2D eigenvalue weighted by Crippen LogP contribution is -2.65. The number of likely N-dealkylation sites (tertiary alicyclic amines) is 1. The molecule has 1 aromatic carbocycles. The lowest BCUT2D eigenvalue weighted by Gasteiger charge is -2.45. The summed E-state index contributed by atoms with van der Waals surface area (Å²) in [5.74, 6) is 0.645. The number of amides is 2. The highest BCUT2D eigenvalue weighted by Crippen LogP contribution is 2.41. The number of rotatable bonds is 4. The van der Waals surface area contributed by atoms with E-state index in [1.165, 1.54) is 24.2 Å². The van der Waals surface area contributed by atoms with E-state index in [-0.39, 0.29) is 17.7 Å². The molecule has 1 aliphatic carbocycles. The quantitative estimate of drug-likeness (QED) is 0.848. The van der Waals surface area contributed by atoms with Crippen molar-refractivity contribution in [2.24, 2.45) is 11.1 Å². The van der Waals surface area contributed by atoms with E-state index in [1.807, 2.05) is 11.8 Å². The molecule has 29 heavy (non-hydrogen) atoms. The first-order chi connectivity index (χ1) is 14.0. The van der Waals surface area contributed by atoms with Crippen LogP contribution in [0.2, 0.25) is 0 Å². The molecule has 7 heteroatoms. The van der Waals surface area contributed by atoms with Crippen molar-refractivity contribution in [3.8, 4) is 0 Å². The monoisotopic (exact) mass is 397 g/mol. The zero-order valence-electron chi connectivity index (χ0n) is 17.4. The third-order valence-electron chi connectivity index (χ3n) is 6.76. The minimum Gasteiger partial charge on any atom is -0.385 e. The second-order valence-corrected chi connectivity index (χ2v) is 9.22. The highest BCUT2D eigenvalue weighted by atomic mass is 16.7. The summed E-state index contributed by atoms with van der Waals surface area (Å²) in [5.41, 5.74) is 3.35. The molecule has 7 nitrogen and oxygen atoms in total. The van der Waals surface area contributed by atoms with Gasteiger partial charge in [-0.3, -0.25) is 0 Å². The number of oxime groups is 1. The standard InChI is InChI=1S/C22H31N5O2/c1-16(17-5-7-19(8-6-17)26-11-9-25(2)10-12-26)23-21(28)27-14-22(15-27)13-20(24-29-22)18-3-4-18/h5-8,16,18H,3-4,9-15H2,1-2H3,(H,23,28). The molecule has 156 valence electrons. The summed E-state index contributed by atoms with van der Waals surface area (Å²) in [4.78, 5) is 24.9. The fourth-order valence-corrected chi connectivity index (χ4v) is 4.55. The van der Waals surface area contributed by atoms with Crippen molar-refractivity contribution in [3.63, 3.8) is 0 Å². The average Bonchev–Trinajstić information content (AvgIpc) is 3.45. The first-order valence-electron chi connectivity index (χ1n) is 10.9. The Balaban J connectivity index is 1.11. The molecule has 1 spiro atoms. The SMILES string of the molecule is CC(NC(=O)N1CC2(CC(C3CC3)=NO2)C1)c1ccc(N2CCN(C)CC2)cc1. The molecule has 0 aromatic heterocycles. The van der Waals surface area contributed by atoms with Crippen LogP contribution in [0.4, 0.5) is 10.5 Å². The van der Waals surface area contributed by atoms with Crippen molar-refractivity contribution in [3.05, 3.63) is 29.8 Å². The van der Waals surface area contributed by atoms with Gasteiger partial charge < -0.3 is 24.9 Å². The van der Waals surface area contributed by atoms with E-state index >= 15 is 0 Å². The summed E-state index contributed by atoms with van der Waals surface area (Å²) in [6, 6.07) is 8.56. The molecule has 1 aromatic rings. The van der Waals surface area contributed by atoms with E-state index < -0.39 is 0 Å². The first kappa shape index (κ1) is 18.7. The Bertz CT molecular complexity index is 790. The molecule has 1 N–H and O–H groups in total. The highest BCUT2D eigenvalue weighted by Gasteiger charge is 2.53. The Hall–Kier alpha value is -2.28. The summed E-state index contributed by atoms with van der Waals surface area (Å²) in [5, 5.41) is 7.41. The van der Waals surface area contributed by atoms with Crippen LogP contribution in [0, 0.1) is 5.92 Å². The topological polar surface area (TPSA) is 60.4 Å². The maximum absolute atomic E-state index is 12.6. The van der Waals surface area contributed by atoms with Gasteiger partial charge in [0.2, 0.25) is 0 Å². The molecule has 2 saturated heterocycles. The van der Waals surface area contributed by atoms with E-state index in [2.05, 4.69) is 51.6 Å². The number of carbonyl (C=O) groups is 1. The largest absolute Gasteiger partial charge is 0.385 e. The Labute approximate surface area is 172 Å². The molecule has 0 radical (unpaired) electrons. The molecule has 1 saturated carbocycles. The maximum atomic E-state index is 12.6. The van der Waals surface area contributed by atoms with E-state index in [1.54, 1.807) is 0 Å². The van der Waals surface area contributed by atoms with E-state index in [0.29, 0.717) is 19.0 Å². The Morgan fingerprint density at radius 2 is 1.86 bits per heavy atom. The predicted octanol–water partition coefficient (Wildman–Crippen LogP) is 2.45. The summed E-state index contributed by atoms with van der Waals surface area (Å²) in [7, 11) is 2.17. The summed E-state index contributed by atoms with van der Waals surface area (Å²) in [6.07, 6.45) is 3.38. The number of nitrogens with one attached hydrogen (secondary N) is 1. The van der Waals surface area contributed by atoms with Crippen LogP contribution in [-0.2, 0) is 4.84 Å². The normalized spacial score (nSPS) is 24.7. The van der Waals surface area contributed by atoms with Gasteiger partial charge in [-0.1, -0.05) is 17.3 Å². The number of piperazine rings is 1. The summed E-state index contributed by atoms with van der Waals surface area (Å²) >= 11 is 0. The highest BCUT2D eigenvalue weighted by molar-refractivity contribution is 5.90. The van der Waals surface area contributed by atoms with Crippen molar-refractivity contribution >= 4 is 17.4 Å². The number of anilines is 1. The Kier molecular flexibility index (Phi) is 4.65. The number of hydrogen-bond acceptors (Lipinski definition) is 5. The fraction of sp³-hybridized carbons (Fsp3) is 0.636. The molecule has 2 amide bonds. The smallest absolute Gasteiger partial charge is 0.318 e. The average molecular weight is 398 g/mol. The van der Waals surface area contributed by atoms with E-state index in [4.69, 9.17) is 4.84 Å². The molecule has 1 unspecified atom stereocenters. The minimum absolute atomic E-state index is 0.0188. The van der Waals surface area contributed by atoms with Crippen molar-refractivity contribution in [2.75, 3.05) is 51.2 Å². The van der Waals surface area contributed by atoms with Crippen LogP contribution in [0.15, 0.2) is 29.4 Å². The number of carbonyl (C=O) groups excluding carboxylic acids is 1. The van der Waals surface area contributed by atoms with Gasteiger partial charge in [0.15, 0.2) is 5.60 Å². The van der Waals surface area contributed by atoms with Gasteiger partial charge in [0.25, 0.3) is 0 Å². The van der Waals surface area contributed by atoms with Crippen LogP contribution < -0.4 is 10.2 Å². The van der Waals surface area contributed by atoms with Gasteiger partial charge in [0.05, 0.1) is 24.8 Å². The third-order valence-corrected chi connectivity index (χ3v) is 6.76. The lowest BCUT2D eigenvalue weighted by molar-refractivity contribution is -0.107. The molecule has 4 aliphatic rings. The van der Waals surface area contributed by atoms with Gasteiger partial charge in [0.1, 0.15) is 0 Å². The van der Waals surface area contributed by atoms with Crippen molar-refractivity contribution in [1.29, 1.82) is 0 Å². The molecule has 3 fully saturated rings. The molecule has 3 heterocycles. The summed E-state index contributed by atoms with van der Waals surface area (Å²) in [6.45, 7) is 7.63. The molecule has 5 rings (SSSR count). The van der Waals surface area contributed by atoms with Crippen LogP contribution in [0.3, 0.4) is 0 Å². The van der Waals surface area contributed by atoms with Crippen molar-refractivity contribution < 1.29 is 9.63 Å². The first-order valence-corrected chi connectivity index (χ1v) is 10.9. The van der Waals surface area contributed by atoms with Crippen molar-refractivity contribution in [1.82, 2.24) is 15.1 Å². The predicted molar refractivity (Wildman–Crippen MR) is 113 cm³/mol. The van der Waals surface area contributed by atoms with Gasteiger partial charge in [0, 0.05) is 44.2 Å². The van der Waals surface area contributed by atoms with Crippen LogP contribution in [0.5, 0.6) is 0 Å². The zero-order valence-corrected chi connectivity index (χ0v) is 17.4. The fourth-order valence-electron chi connectivity index (χ4n) is 4.55. The van der Waals surface area contributed by atoms with Crippen molar-refractivity contribution in [2.45, 2.75) is 37.8 Å². The Morgan fingerprint density at radius 1 is 1.17 bits per heavy atom. The van der Waals surface area contributed by atoms with Crippen LogP contribution >= 0.6 is 0 Å². The van der Waals surface area contributed by atoms with Crippen LogP contribution in [-0.4, -0.2) is 73.5 Å². The van der Waals surface area contributed by atoms with Gasteiger partial charge >= 0.3 is 6.03 Å². The van der Waals surface area contributed by atoms with Gasteiger partial charge in [-0.25, -0.2) is 4.79 Å².